The molecule has 5 heteroatoms. The van der Waals surface area contributed by atoms with Crippen molar-refractivity contribution in [3.05, 3.63) is 65.5 Å². The molecule has 5 nitrogen and oxygen atoms in total. The molecule has 1 amide bonds. The van der Waals surface area contributed by atoms with Gasteiger partial charge in [0.1, 0.15) is 0 Å². The number of aliphatic hydroxyl groups excluding tert-OH is 1. The number of rotatable bonds is 7. The highest BCUT2D eigenvalue weighted by Gasteiger charge is 2.37. The smallest absolute Gasteiger partial charge is 0.236 e. The predicted octanol–water partition coefficient (Wildman–Crippen LogP) is 2.67. The molecule has 1 fully saturated rings. The topological polar surface area (TPSA) is 56.7 Å². The van der Waals surface area contributed by atoms with Crippen molar-refractivity contribution in [1.82, 2.24) is 14.8 Å². The molecular formula is C23H31N3O2. The highest BCUT2D eigenvalue weighted by atomic mass is 16.3. The molecule has 0 spiro atoms. The number of likely N-dealkylation sites (N-methyl/N-ethyl adjacent to an activating group) is 1. The summed E-state index contributed by atoms with van der Waals surface area (Å²) in [5.74, 6) is 0.133. The van der Waals surface area contributed by atoms with Crippen LogP contribution in [0.2, 0.25) is 0 Å². The third-order valence-electron chi connectivity index (χ3n) is 5.76. The van der Waals surface area contributed by atoms with Crippen molar-refractivity contribution in [1.29, 1.82) is 0 Å². The molecule has 0 bridgehead atoms. The van der Waals surface area contributed by atoms with Gasteiger partial charge in [-0.05, 0) is 56.0 Å². The van der Waals surface area contributed by atoms with E-state index in [2.05, 4.69) is 24.0 Å². The van der Waals surface area contributed by atoms with Gasteiger partial charge in [-0.15, -0.1) is 0 Å². The van der Waals surface area contributed by atoms with Crippen LogP contribution in [-0.2, 0) is 17.8 Å². The average Bonchev–Trinajstić information content (AvgIpc) is 2.70. The third-order valence-corrected chi connectivity index (χ3v) is 5.76. The van der Waals surface area contributed by atoms with Gasteiger partial charge < -0.3 is 10.0 Å². The molecular weight excluding hydrogens is 350 g/mol. The van der Waals surface area contributed by atoms with Crippen molar-refractivity contribution in [2.45, 2.75) is 32.7 Å². The molecule has 1 saturated heterocycles. The number of nitrogens with zero attached hydrogens (tertiary/aromatic N) is 3. The van der Waals surface area contributed by atoms with Crippen LogP contribution in [0.3, 0.4) is 0 Å². The molecule has 1 aliphatic heterocycles. The van der Waals surface area contributed by atoms with E-state index in [9.17, 15) is 9.90 Å². The van der Waals surface area contributed by atoms with Gasteiger partial charge in [-0.2, -0.15) is 0 Å². The molecule has 150 valence electrons. The number of carbonyl (C=O) groups excluding carboxylic acids is 1. The Hall–Kier alpha value is -2.24. The van der Waals surface area contributed by atoms with Crippen LogP contribution in [0.25, 0.3) is 0 Å². The van der Waals surface area contributed by atoms with Gasteiger partial charge in [-0.25, -0.2) is 0 Å². The van der Waals surface area contributed by atoms with E-state index in [0.717, 1.165) is 31.4 Å². The highest BCUT2D eigenvalue weighted by molar-refractivity contribution is 5.78. The van der Waals surface area contributed by atoms with Gasteiger partial charge in [-0.1, -0.05) is 30.3 Å². The van der Waals surface area contributed by atoms with E-state index in [1.807, 2.05) is 47.3 Å². The molecule has 0 aliphatic carbocycles. The lowest BCUT2D eigenvalue weighted by Gasteiger charge is -2.42. The second-order valence-corrected chi connectivity index (χ2v) is 8.21. The Kier molecular flexibility index (Phi) is 6.81. The number of aliphatic hydroxyl groups is 1. The predicted molar refractivity (Wildman–Crippen MR) is 111 cm³/mol. The lowest BCUT2D eigenvalue weighted by atomic mass is 9.75. The molecule has 1 N–H and O–H groups in total. The van der Waals surface area contributed by atoms with E-state index < -0.39 is 0 Å². The fourth-order valence-corrected chi connectivity index (χ4v) is 4.15. The summed E-state index contributed by atoms with van der Waals surface area (Å²) in [5.41, 5.74) is 3.36. The monoisotopic (exact) mass is 381 g/mol. The molecule has 1 atom stereocenters. The van der Waals surface area contributed by atoms with Crippen LogP contribution in [-0.4, -0.2) is 59.1 Å². The first-order chi connectivity index (χ1) is 13.5. The molecule has 1 aromatic carbocycles. The van der Waals surface area contributed by atoms with Gasteiger partial charge in [0, 0.05) is 37.4 Å². The number of pyridine rings is 1. The molecule has 28 heavy (non-hydrogen) atoms. The number of carbonyl (C=O) groups is 1. The van der Waals surface area contributed by atoms with Crippen molar-refractivity contribution in [2.24, 2.45) is 5.41 Å². The largest absolute Gasteiger partial charge is 0.396 e. The summed E-state index contributed by atoms with van der Waals surface area (Å²) in [6.07, 6.45) is 6.29. The zero-order valence-electron chi connectivity index (χ0n) is 17.0. The van der Waals surface area contributed by atoms with Crippen molar-refractivity contribution in [3.8, 4) is 0 Å². The number of aryl methyl sites for hydroxylation is 1. The minimum absolute atomic E-state index is 0.108. The number of hydrogen-bond donors (Lipinski definition) is 1. The summed E-state index contributed by atoms with van der Waals surface area (Å²) in [6.45, 7) is 4.69. The number of hydrogen-bond acceptors (Lipinski definition) is 4. The van der Waals surface area contributed by atoms with Crippen LogP contribution in [0.15, 0.2) is 48.8 Å². The second-order valence-electron chi connectivity index (χ2n) is 8.21. The van der Waals surface area contributed by atoms with E-state index in [4.69, 9.17) is 0 Å². The van der Waals surface area contributed by atoms with Crippen molar-refractivity contribution in [3.63, 3.8) is 0 Å². The first-order valence-corrected chi connectivity index (χ1v) is 10.0. The summed E-state index contributed by atoms with van der Waals surface area (Å²) < 4.78 is 0. The number of benzene rings is 1. The van der Waals surface area contributed by atoms with E-state index >= 15 is 0 Å². The lowest BCUT2D eigenvalue weighted by Crippen LogP contribution is -2.51. The van der Waals surface area contributed by atoms with Gasteiger partial charge in [0.25, 0.3) is 0 Å². The van der Waals surface area contributed by atoms with Gasteiger partial charge in [0.05, 0.1) is 13.2 Å². The molecule has 1 aliphatic rings. The number of amides is 1. The molecule has 2 aromatic rings. The Bertz CT molecular complexity index is 780. The lowest BCUT2D eigenvalue weighted by molar-refractivity contribution is -0.136. The van der Waals surface area contributed by atoms with Crippen LogP contribution >= 0.6 is 0 Å². The fourth-order valence-electron chi connectivity index (χ4n) is 4.15. The summed E-state index contributed by atoms with van der Waals surface area (Å²) in [6, 6.07) is 12.3. The first-order valence-electron chi connectivity index (χ1n) is 10.0. The second kappa shape index (κ2) is 9.30. The van der Waals surface area contributed by atoms with Crippen LogP contribution in [0.4, 0.5) is 0 Å². The average molecular weight is 382 g/mol. The van der Waals surface area contributed by atoms with Crippen LogP contribution in [0, 0.1) is 12.3 Å². The number of likely N-dealkylation sites (tertiary alicyclic amines) is 1. The third kappa shape index (κ3) is 5.18. The molecule has 1 unspecified atom stereocenters. The van der Waals surface area contributed by atoms with E-state index in [1.165, 1.54) is 11.1 Å². The molecule has 1 aromatic heterocycles. The maximum absolute atomic E-state index is 12.9. The zero-order chi connectivity index (χ0) is 20.0. The van der Waals surface area contributed by atoms with Crippen LogP contribution < -0.4 is 0 Å². The van der Waals surface area contributed by atoms with Crippen molar-refractivity contribution >= 4 is 5.91 Å². The fraction of sp³-hybridized carbons (Fsp3) is 0.478. The maximum Gasteiger partial charge on any atom is 0.236 e. The van der Waals surface area contributed by atoms with E-state index in [0.29, 0.717) is 19.6 Å². The summed E-state index contributed by atoms with van der Waals surface area (Å²) in [4.78, 5) is 21.0. The van der Waals surface area contributed by atoms with Gasteiger partial charge >= 0.3 is 0 Å². The van der Waals surface area contributed by atoms with Gasteiger partial charge in [-0.3, -0.25) is 14.7 Å². The first kappa shape index (κ1) is 20.5. The highest BCUT2D eigenvalue weighted by Crippen LogP contribution is 2.34. The molecule has 0 saturated carbocycles. The Labute approximate surface area is 168 Å². The van der Waals surface area contributed by atoms with Crippen molar-refractivity contribution < 1.29 is 9.90 Å². The van der Waals surface area contributed by atoms with Crippen LogP contribution in [0.5, 0.6) is 0 Å². The quantitative estimate of drug-likeness (QED) is 0.801. The molecule has 2 heterocycles. The SMILES string of the molecule is Cc1ccccc1CC1(CO)CCCN(C(=O)CN(C)Cc2cccnc2)C1. The summed E-state index contributed by atoms with van der Waals surface area (Å²) in [5, 5.41) is 10.2. The van der Waals surface area contributed by atoms with Crippen LogP contribution in [0.1, 0.15) is 29.5 Å². The van der Waals surface area contributed by atoms with Gasteiger partial charge in [0.2, 0.25) is 5.91 Å². The zero-order valence-corrected chi connectivity index (χ0v) is 17.0. The summed E-state index contributed by atoms with van der Waals surface area (Å²) in [7, 11) is 1.96. The normalized spacial score (nSPS) is 19.8. The Balaban J connectivity index is 1.62. The minimum Gasteiger partial charge on any atom is -0.396 e. The summed E-state index contributed by atoms with van der Waals surface area (Å²) >= 11 is 0. The van der Waals surface area contributed by atoms with E-state index in [-0.39, 0.29) is 17.9 Å². The minimum atomic E-state index is -0.248. The number of piperidine rings is 1. The Morgan fingerprint density at radius 1 is 1.29 bits per heavy atom. The van der Waals surface area contributed by atoms with Gasteiger partial charge in [0.15, 0.2) is 0 Å². The standard InChI is InChI=1S/C23H31N3O2/c1-19-7-3-4-9-21(19)13-23(18-27)10-6-12-26(17-23)22(28)16-25(2)15-20-8-5-11-24-14-20/h3-5,7-9,11,14,27H,6,10,12-13,15-18H2,1-2H3. The molecule has 0 radical (unpaired) electrons. The maximum atomic E-state index is 12.9. The van der Waals surface area contributed by atoms with E-state index in [1.54, 1.807) is 6.20 Å². The Morgan fingerprint density at radius 3 is 2.82 bits per heavy atom. The van der Waals surface area contributed by atoms with Crippen molar-refractivity contribution in [2.75, 3.05) is 33.3 Å². The molecule has 3 rings (SSSR count). The Morgan fingerprint density at radius 2 is 2.11 bits per heavy atom. The number of aromatic nitrogens is 1.